The van der Waals surface area contributed by atoms with Crippen molar-refractivity contribution in [2.24, 2.45) is 0 Å². The molecule has 0 radical (unpaired) electrons. The minimum atomic E-state index is -0.419. The first-order chi connectivity index (χ1) is 17.2. The first-order valence-electron chi connectivity index (χ1n) is 11.4. The van der Waals surface area contributed by atoms with Crippen LogP contribution in [0.5, 0.6) is 5.75 Å². The number of ether oxygens (including phenoxy) is 1. The van der Waals surface area contributed by atoms with Crippen molar-refractivity contribution >= 4 is 17.3 Å². The Kier molecular flexibility index (Phi) is 6.86. The highest BCUT2D eigenvalue weighted by atomic mass is 16.6. The van der Waals surface area contributed by atoms with E-state index in [-0.39, 0.29) is 11.6 Å². The number of rotatable bonds is 8. The van der Waals surface area contributed by atoms with Gasteiger partial charge in [0.05, 0.1) is 42.2 Å². The van der Waals surface area contributed by atoms with Gasteiger partial charge in [0.2, 0.25) is 0 Å². The number of carbonyl (C=O) groups is 1. The fourth-order valence-corrected chi connectivity index (χ4v) is 4.25. The molecule has 0 unspecified atom stereocenters. The standard InChI is InChI=1S/C26H28N6O4/c1-16-24(18(3)30(28-16)15-21-9-7-11-23(13-21)36-5)27-26(33)22-10-6-8-20(12-22)14-31-19(4)25(32(34)35)17(2)29-31/h6-13H,14-15H2,1-5H3,(H,27,33). The van der Waals surface area contributed by atoms with Gasteiger partial charge in [0.25, 0.3) is 5.91 Å². The molecule has 0 aliphatic rings. The summed E-state index contributed by atoms with van der Waals surface area (Å²) in [7, 11) is 1.63. The number of anilines is 1. The predicted octanol–water partition coefficient (Wildman–Crippen LogP) is 4.58. The van der Waals surface area contributed by atoms with E-state index in [1.807, 2.05) is 48.9 Å². The highest BCUT2D eigenvalue weighted by molar-refractivity contribution is 6.05. The first kappa shape index (κ1) is 24.6. The summed E-state index contributed by atoms with van der Waals surface area (Å²) in [6, 6.07) is 14.9. The zero-order valence-electron chi connectivity index (χ0n) is 20.9. The zero-order chi connectivity index (χ0) is 26.0. The van der Waals surface area contributed by atoms with Crippen LogP contribution in [-0.4, -0.2) is 37.5 Å². The van der Waals surface area contributed by atoms with Crippen LogP contribution in [0.15, 0.2) is 48.5 Å². The number of nitrogens with one attached hydrogen (secondary N) is 1. The van der Waals surface area contributed by atoms with E-state index >= 15 is 0 Å². The quantitative estimate of drug-likeness (QED) is 0.287. The van der Waals surface area contributed by atoms with Gasteiger partial charge in [-0.25, -0.2) is 0 Å². The third-order valence-corrected chi connectivity index (χ3v) is 6.13. The molecule has 0 atom stereocenters. The molecule has 0 fully saturated rings. The highest BCUT2D eigenvalue weighted by Gasteiger charge is 2.22. The third kappa shape index (κ3) is 4.97. The number of nitrogens with zero attached hydrogens (tertiary/aromatic N) is 5. The molecule has 0 aliphatic carbocycles. The zero-order valence-corrected chi connectivity index (χ0v) is 20.9. The molecule has 0 spiro atoms. The smallest absolute Gasteiger partial charge is 0.312 e. The number of aromatic nitrogens is 4. The second-order valence-electron chi connectivity index (χ2n) is 8.64. The molecule has 0 saturated heterocycles. The van der Waals surface area contributed by atoms with Gasteiger partial charge >= 0.3 is 5.69 Å². The van der Waals surface area contributed by atoms with E-state index in [1.54, 1.807) is 43.8 Å². The maximum Gasteiger partial charge on any atom is 0.312 e. The van der Waals surface area contributed by atoms with E-state index in [0.29, 0.717) is 35.7 Å². The van der Waals surface area contributed by atoms with Crippen molar-refractivity contribution in [2.45, 2.75) is 40.8 Å². The number of nitro groups is 1. The summed E-state index contributed by atoms with van der Waals surface area (Å²) >= 11 is 0. The Hall–Kier alpha value is -4.47. The van der Waals surface area contributed by atoms with Gasteiger partial charge in [-0.3, -0.25) is 24.3 Å². The Morgan fingerprint density at radius 1 is 0.944 bits per heavy atom. The number of carbonyl (C=O) groups excluding carboxylic acids is 1. The predicted molar refractivity (Wildman–Crippen MR) is 136 cm³/mol. The van der Waals surface area contributed by atoms with Crippen LogP contribution in [0, 0.1) is 37.8 Å². The third-order valence-electron chi connectivity index (χ3n) is 6.13. The lowest BCUT2D eigenvalue weighted by Crippen LogP contribution is -2.14. The average Bonchev–Trinajstić information content (AvgIpc) is 3.27. The molecule has 10 heteroatoms. The van der Waals surface area contributed by atoms with E-state index < -0.39 is 4.92 Å². The summed E-state index contributed by atoms with van der Waals surface area (Å²) in [5.74, 6) is 0.515. The van der Waals surface area contributed by atoms with E-state index in [4.69, 9.17) is 4.74 Å². The number of aryl methyl sites for hydroxylation is 2. The molecular weight excluding hydrogens is 460 g/mol. The summed E-state index contributed by atoms with van der Waals surface area (Å²) in [5.41, 5.74) is 5.40. The Balaban J connectivity index is 1.52. The maximum atomic E-state index is 13.1. The van der Waals surface area contributed by atoms with Gasteiger partial charge in [0, 0.05) is 5.56 Å². The van der Waals surface area contributed by atoms with Crippen LogP contribution in [0.3, 0.4) is 0 Å². The SMILES string of the molecule is COc1cccc(Cn2nc(C)c(NC(=O)c3cccc(Cn4nc(C)c([N+](=O)[O-])c4C)c3)c2C)c1. The molecule has 0 saturated carbocycles. The monoisotopic (exact) mass is 488 g/mol. The molecule has 186 valence electrons. The molecule has 4 rings (SSSR count). The van der Waals surface area contributed by atoms with Crippen LogP contribution < -0.4 is 10.1 Å². The van der Waals surface area contributed by atoms with Gasteiger partial charge in [-0.2, -0.15) is 10.2 Å². The van der Waals surface area contributed by atoms with Crippen LogP contribution in [0.4, 0.5) is 11.4 Å². The van der Waals surface area contributed by atoms with Crippen molar-refractivity contribution in [3.63, 3.8) is 0 Å². The molecular formula is C26H28N6O4. The molecule has 2 aromatic carbocycles. The second-order valence-corrected chi connectivity index (χ2v) is 8.64. The number of hydrogen-bond donors (Lipinski definition) is 1. The van der Waals surface area contributed by atoms with Crippen molar-refractivity contribution < 1.29 is 14.5 Å². The van der Waals surface area contributed by atoms with Gasteiger partial charge in [0.15, 0.2) is 0 Å². The lowest BCUT2D eigenvalue weighted by atomic mass is 10.1. The Bertz CT molecular complexity index is 1450. The summed E-state index contributed by atoms with van der Waals surface area (Å²) in [6.45, 7) is 7.93. The van der Waals surface area contributed by atoms with Crippen molar-refractivity contribution in [1.82, 2.24) is 19.6 Å². The van der Waals surface area contributed by atoms with Crippen LogP contribution >= 0.6 is 0 Å². The molecule has 0 aliphatic heterocycles. The second kappa shape index (κ2) is 10.0. The largest absolute Gasteiger partial charge is 0.497 e. The van der Waals surface area contributed by atoms with E-state index in [1.165, 1.54) is 0 Å². The lowest BCUT2D eigenvalue weighted by molar-refractivity contribution is -0.386. The van der Waals surface area contributed by atoms with Crippen molar-refractivity contribution in [3.8, 4) is 5.75 Å². The lowest BCUT2D eigenvalue weighted by Gasteiger charge is -2.10. The van der Waals surface area contributed by atoms with Gasteiger partial charge in [-0.1, -0.05) is 24.3 Å². The molecule has 0 bridgehead atoms. The van der Waals surface area contributed by atoms with Crippen LogP contribution in [0.25, 0.3) is 0 Å². The molecule has 1 N–H and O–H groups in total. The molecule has 10 nitrogen and oxygen atoms in total. The molecule has 2 aromatic heterocycles. The molecule has 4 aromatic rings. The van der Waals surface area contributed by atoms with Crippen LogP contribution in [0.1, 0.15) is 44.3 Å². The minimum Gasteiger partial charge on any atom is -0.497 e. The first-order valence-corrected chi connectivity index (χ1v) is 11.4. The van der Waals surface area contributed by atoms with Gasteiger partial charge in [-0.15, -0.1) is 0 Å². The average molecular weight is 489 g/mol. The van der Waals surface area contributed by atoms with Gasteiger partial charge in [0.1, 0.15) is 17.1 Å². The topological polar surface area (TPSA) is 117 Å². The number of amides is 1. The highest BCUT2D eigenvalue weighted by Crippen LogP contribution is 2.24. The fourth-order valence-electron chi connectivity index (χ4n) is 4.25. The van der Waals surface area contributed by atoms with Gasteiger partial charge in [-0.05, 0) is 63.1 Å². The summed E-state index contributed by atoms with van der Waals surface area (Å²) in [4.78, 5) is 24.0. The van der Waals surface area contributed by atoms with E-state index in [9.17, 15) is 14.9 Å². The van der Waals surface area contributed by atoms with Crippen molar-refractivity contribution in [2.75, 3.05) is 12.4 Å². The number of benzene rings is 2. The van der Waals surface area contributed by atoms with Crippen molar-refractivity contribution in [1.29, 1.82) is 0 Å². The summed E-state index contributed by atoms with van der Waals surface area (Å²) in [5, 5.41) is 23.2. The summed E-state index contributed by atoms with van der Waals surface area (Å²) < 4.78 is 8.74. The fraction of sp³-hybridized carbons (Fsp3) is 0.269. The molecule has 2 heterocycles. The minimum absolute atomic E-state index is 0.0146. The van der Waals surface area contributed by atoms with Crippen LogP contribution in [-0.2, 0) is 13.1 Å². The van der Waals surface area contributed by atoms with E-state index in [0.717, 1.165) is 28.3 Å². The Morgan fingerprint density at radius 2 is 1.56 bits per heavy atom. The number of hydrogen-bond acceptors (Lipinski definition) is 6. The van der Waals surface area contributed by atoms with Crippen LogP contribution in [0.2, 0.25) is 0 Å². The maximum absolute atomic E-state index is 13.1. The normalized spacial score (nSPS) is 10.9. The molecule has 36 heavy (non-hydrogen) atoms. The van der Waals surface area contributed by atoms with E-state index in [2.05, 4.69) is 15.5 Å². The van der Waals surface area contributed by atoms with Gasteiger partial charge < -0.3 is 10.1 Å². The van der Waals surface area contributed by atoms with Crippen molar-refractivity contribution in [3.05, 3.63) is 98.1 Å². The summed E-state index contributed by atoms with van der Waals surface area (Å²) in [6.07, 6.45) is 0. The Morgan fingerprint density at radius 3 is 2.19 bits per heavy atom. The Labute approximate surface area is 208 Å². The number of methoxy groups -OCH3 is 1. The molecule has 1 amide bonds.